The van der Waals surface area contributed by atoms with Crippen LogP contribution in [0.5, 0.6) is 0 Å². The van der Waals surface area contributed by atoms with Crippen molar-refractivity contribution < 1.29 is 14.0 Å². The molecule has 0 aliphatic heterocycles. The number of anilines is 1. The summed E-state index contributed by atoms with van der Waals surface area (Å²) in [4.78, 5) is 23.4. The van der Waals surface area contributed by atoms with Crippen LogP contribution in [-0.2, 0) is 0 Å². The van der Waals surface area contributed by atoms with Crippen LogP contribution in [0, 0.1) is 5.82 Å². The fourth-order valence-electron chi connectivity index (χ4n) is 2.19. The van der Waals surface area contributed by atoms with Gasteiger partial charge in [-0.3, -0.25) is 9.59 Å². The fraction of sp³-hybridized carbons (Fsp3) is 0. The average molecular weight is 324 g/mol. The van der Waals surface area contributed by atoms with Crippen LogP contribution >= 0.6 is 0 Å². The number of halogens is 1. The molecule has 0 spiro atoms. The first kappa shape index (κ1) is 15.4. The van der Waals surface area contributed by atoms with E-state index in [0.717, 1.165) is 6.07 Å². The van der Waals surface area contributed by atoms with Gasteiger partial charge in [0.2, 0.25) is 0 Å². The Balaban J connectivity index is 1.91. The zero-order valence-electron chi connectivity index (χ0n) is 12.4. The van der Waals surface area contributed by atoms with Gasteiger partial charge in [0.25, 0.3) is 11.8 Å². The van der Waals surface area contributed by atoms with Crippen LogP contribution in [0.15, 0.2) is 60.8 Å². The third-order valence-corrected chi connectivity index (χ3v) is 3.33. The number of para-hydroxylation sites is 2. The molecule has 0 atom stereocenters. The van der Waals surface area contributed by atoms with Crippen molar-refractivity contribution in [3.8, 4) is 5.69 Å². The van der Waals surface area contributed by atoms with E-state index < -0.39 is 17.6 Å². The first-order chi connectivity index (χ1) is 11.5. The number of aromatic nitrogens is 2. The SMILES string of the molecule is NC(=O)c1ccn(-c2ccccc2NC(=O)c2cccc(F)c2)n1. The van der Waals surface area contributed by atoms with E-state index in [1.807, 2.05) is 0 Å². The number of rotatable bonds is 4. The maximum Gasteiger partial charge on any atom is 0.269 e. The molecule has 3 aromatic rings. The van der Waals surface area contributed by atoms with Crippen molar-refractivity contribution in [2.75, 3.05) is 5.32 Å². The number of primary amides is 1. The Hall–Kier alpha value is -3.48. The van der Waals surface area contributed by atoms with Gasteiger partial charge in [0.05, 0.1) is 11.4 Å². The van der Waals surface area contributed by atoms with Crippen molar-refractivity contribution in [3.63, 3.8) is 0 Å². The number of amides is 2. The quantitative estimate of drug-likeness (QED) is 0.772. The highest BCUT2D eigenvalue weighted by Gasteiger charge is 2.12. The molecule has 0 radical (unpaired) electrons. The molecule has 3 rings (SSSR count). The van der Waals surface area contributed by atoms with Crippen LogP contribution < -0.4 is 11.1 Å². The third kappa shape index (κ3) is 3.14. The van der Waals surface area contributed by atoms with Crippen molar-refractivity contribution in [3.05, 3.63) is 77.9 Å². The number of nitrogens with two attached hydrogens (primary N) is 1. The maximum atomic E-state index is 13.3. The molecule has 3 N–H and O–H groups in total. The van der Waals surface area contributed by atoms with Crippen LogP contribution in [0.2, 0.25) is 0 Å². The second-order valence-electron chi connectivity index (χ2n) is 4.99. The molecule has 0 saturated carbocycles. The lowest BCUT2D eigenvalue weighted by Gasteiger charge is -2.11. The number of carbonyl (C=O) groups is 2. The zero-order chi connectivity index (χ0) is 17.1. The molecule has 2 amide bonds. The highest BCUT2D eigenvalue weighted by atomic mass is 19.1. The van der Waals surface area contributed by atoms with Gasteiger partial charge in [-0.05, 0) is 36.4 Å². The molecule has 0 unspecified atom stereocenters. The van der Waals surface area contributed by atoms with Crippen LogP contribution in [0.25, 0.3) is 5.69 Å². The first-order valence-electron chi connectivity index (χ1n) is 7.06. The molecular formula is C17H13FN4O2. The summed E-state index contributed by atoms with van der Waals surface area (Å²) in [7, 11) is 0. The van der Waals surface area contributed by atoms with Crippen molar-refractivity contribution in [1.29, 1.82) is 0 Å². The lowest BCUT2D eigenvalue weighted by molar-refractivity contribution is 0.0992. The van der Waals surface area contributed by atoms with Crippen molar-refractivity contribution in [2.45, 2.75) is 0 Å². The Morgan fingerprint density at radius 1 is 1.08 bits per heavy atom. The van der Waals surface area contributed by atoms with E-state index in [2.05, 4.69) is 10.4 Å². The monoisotopic (exact) mass is 324 g/mol. The molecule has 0 bridgehead atoms. The smallest absolute Gasteiger partial charge is 0.269 e. The second-order valence-corrected chi connectivity index (χ2v) is 4.99. The molecule has 0 saturated heterocycles. The molecule has 0 aliphatic carbocycles. The standard InChI is InChI=1S/C17H13FN4O2/c18-12-5-3-4-11(10-12)17(24)20-13-6-1-2-7-15(13)22-9-8-14(21-22)16(19)23/h1-10H,(H2,19,23)(H,20,24). The van der Waals surface area contributed by atoms with Gasteiger partial charge in [-0.15, -0.1) is 0 Å². The van der Waals surface area contributed by atoms with Crippen molar-refractivity contribution in [2.24, 2.45) is 5.73 Å². The Morgan fingerprint density at radius 2 is 1.88 bits per heavy atom. The normalized spacial score (nSPS) is 10.4. The van der Waals surface area contributed by atoms with Crippen LogP contribution in [-0.4, -0.2) is 21.6 Å². The summed E-state index contributed by atoms with van der Waals surface area (Å²) in [5, 5.41) is 6.77. The summed E-state index contributed by atoms with van der Waals surface area (Å²) >= 11 is 0. The van der Waals surface area contributed by atoms with Gasteiger partial charge in [-0.1, -0.05) is 18.2 Å². The lowest BCUT2D eigenvalue weighted by atomic mass is 10.2. The zero-order valence-corrected chi connectivity index (χ0v) is 12.4. The maximum absolute atomic E-state index is 13.3. The summed E-state index contributed by atoms with van der Waals surface area (Å²) in [6.07, 6.45) is 1.56. The molecule has 120 valence electrons. The Kier molecular flexibility index (Phi) is 4.07. The highest BCUT2D eigenvalue weighted by Crippen LogP contribution is 2.20. The van der Waals surface area contributed by atoms with Gasteiger partial charge in [0.15, 0.2) is 0 Å². The molecule has 1 aromatic heterocycles. The Morgan fingerprint density at radius 3 is 2.58 bits per heavy atom. The van der Waals surface area contributed by atoms with Gasteiger partial charge in [0.1, 0.15) is 11.5 Å². The number of nitrogens with zero attached hydrogens (tertiary/aromatic N) is 2. The van der Waals surface area contributed by atoms with E-state index in [1.165, 1.54) is 28.9 Å². The average Bonchev–Trinajstić information content (AvgIpc) is 3.05. The number of nitrogens with one attached hydrogen (secondary N) is 1. The molecular weight excluding hydrogens is 311 g/mol. The minimum atomic E-state index is -0.643. The van der Waals surface area contributed by atoms with E-state index in [-0.39, 0.29) is 11.3 Å². The number of carbonyl (C=O) groups excluding carboxylic acids is 2. The van der Waals surface area contributed by atoms with E-state index in [0.29, 0.717) is 11.4 Å². The topological polar surface area (TPSA) is 90.0 Å². The van der Waals surface area contributed by atoms with E-state index >= 15 is 0 Å². The number of hydrogen-bond donors (Lipinski definition) is 2. The second kappa shape index (κ2) is 6.33. The van der Waals surface area contributed by atoms with Gasteiger partial charge in [-0.25, -0.2) is 9.07 Å². The van der Waals surface area contributed by atoms with Gasteiger partial charge in [0, 0.05) is 11.8 Å². The molecule has 24 heavy (non-hydrogen) atoms. The van der Waals surface area contributed by atoms with Gasteiger partial charge in [-0.2, -0.15) is 5.10 Å². The number of hydrogen-bond acceptors (Lipinski definition) is 3. The summed E-state index contributed by atoms with van der Waals surface area (Å²) in [5.41, 5.74) is 6.52. The largest absolute Gasteiger partial charge is 0.364 e. The summed E-state index contributed by atoms with van der Waals surface area (Å²) in [6.45, 7) is 0. The molecule has 0 aliphatic rings. The minimum absolute atomic E-state index is 0.112. The fourth-order valence-corrected chi connectivity index (χ4v) is 2.19. The Bertz CT molecular complexity index is 920. The molecule has 1 heterocycles. The van der Waals surface area contributed by atoms with E-state index in [9.17, 15) is 14.0 Å². The number of benzene rings is 2. The van der Waals surface area contributed by atoms with Gasteiger partial charge < -0.3 is 11.1 Å². The Labute approximate surface area is 136 Å². The molecule has 0 fully saturated rings. The first-order valence-corrected chi connectivity index (χ1v) is 7.06. The molecule has 2 aromatic carbocycles. The van der Waals surface area contributed by atoms with Crippen LogP contribution in [0.4, 0.5) is 10.1 Å². The summed E-state index contributed by atoms with van der Waals surface area (Å²) in [6, 6.07) is 13.8. The lowest BCUT2D eigenvalue weighted by Crippen LogP contribution is -2.15. The highest BCUT2D eigenvalue weighted by molar-refractivity contribution is 6.05. The van der Waals surface area contributed by atoms with Crippen molar-refractivity contribution in [1.82, 2.24) is 9.78 Å². The van der Waals surface area contributed by atoms with Crippen molar-refractivity contribution >= 4 is 17.5 Å². The summed E-state index contributed by atoms with van der Waals surface area (Å²) < 4.78 is 14.7. The molecule has 6 nitrogen and oxygen atoms in total. The van der Waals surface area contributed by atoms with Crippen LogP contribution in [0.3, 0.4) is 0 Å². The third-order valence-electron chi connectivity index (χ3n) is 3.33. The predicted octanol–water partition coefficient (Wildman–Crippen LogP) is 2.36. The van der Waals surface area contributed by atoms with E-state index in [1.54, 1.807) is 30.5 Å². The van der Waals surface area contributed by atoms with Crippen LogP contribution in [0.1, 0.15) is 20.8 Å². The molecule has 7 heteroatoms. The predicted molar refractivity (Wildman–Crippen MR) is 86.4 cm³/mol. The minimum Gasteiger partial charge on any atom is -0.364 e. The summed E-state index contributed by atoms with van der Waals surface area (Å²) in [5.74, 6) is -1.59. The van der Waals surface area contributed by atoms with E-state index in [4.69, 9.17) is 5.73 Å². The van der Waals surface area contributed by atoms with Gasteiger partial charge >= 0.3 is 0 Å².